The van der Waals surface area contributed by atoms with Crippen LogP contribution in [0.3, 0.4) is 0 Å². The summed E-state index contributed by atoms with van der Waals surface area (Å²) in [5, 5.41) is 7.61. The molecule has 5 nitrogen and oxygen atoms in total. The Labute approximate surface area is 93.2 Å². The predicted octanol–water partition coefficient (Wildman–Crippen LogP) is 1.58. The zero-order valence-electron chi connectivity index (χ0n) is 9.01. The molecule has 0 saturated carbocycles. The van der Waals surface area contributed by atoms with E-state index in [0.29, 0.717) is 24.8 Å². The molecule has 0 bridgehead atoms. The maximum atomic E-state index is 5.56. The van der Waals surface area contributed by atoms with Crippen LogP contribution in [0.1, 0.15) is 11.8 Å². The second-order valence-corrected chi connectivity index (χ2v) is 3.38. The van der Waals surface area contributed by atoms with Crippen molar-refractivity contribution in [3.05, 3.63) is 36.0 Å². The van der Waals surface area contributed by atoms with E-state index in [1.54, 1.807) is 19.1 Å². The lowest BCUT2D eigenvalue weighted by atomic mass is 10.3. The van der Waals surface area contributed by atoms with E-state index in [1.165, 1.54) is 0 Å². The standard InChI is InChI=1S/C11H13N3O2/c1-8-13-14-11(16-8)6-7-15-10-4-2-9(12)3-5-10/h2-5H,6-7,12H2,1H3. The third-order valence-electron chi connectivity index (χ3n) is 2.03. The molecule has 2 N–H and O–H groups in total. The van der Waals surface area contributed by atoms with Gasteiger partial charge in [0.2, 0.25) is 11.8 Å². The normalized spacial score (nSPS) is 10.3. The molecular formula is C11H13N3O2. The summed E-state index contributed by atoms with van der Waals surface area (Å²) in [5.41, 5.74) is 6.28. The van der Waals surface area contributed by atoms with Gasteiger partial charge in [-0.25, -0.2) is 0 Å². The van der Waals surface area contributed by atoms with Gasteiger partial charge in [-0.05, 0) is 24.3 Å². The number of aryl methyl sites for hydroxylation is 1. The van der Waals surface area contributed by atoms with Crippen LogP contribution in [-0.2, 0) is 6.42 Å². The van der Waals surface area contributed by atoms with Gasteiger partial charge in [-0.2, -0.15) is 0 Å². The van der Waals surface area contributed by atoms with Gasteiger partial charge in [0.15, 0.2) is 0 Å². The minimum absolute atomic E-state index is 0.506. The number of rotatable bonds is 4. The Hall–Kier alpha value is -2.04. The highest BCUT2D eigenvalue weighted by atomic mass is 16.5. The number of nitrogens with zero attached hydrogens (tertiary/aromatic N) is 2. The zero-order valence-corrected chi connectivity index (χ0v) is 9.01. The summed E-state index contributed by atoms with van der Waals surface area (Å²) in [4.78, 5) is 0. The van der Waals surface area contributed by atoms with E-state index in [0.717, 1.165) is 11.4 Å². The number of benzene rings is 1. The van der Waals surface area contributed by atoms with Crippen LogP contribution in [0.2, 0.25) is 0 Å². The molecule has 16 heavy (non-hydrogen) atoms. The molecule has 0 aliphatic carbocycles. The second kappa shape index (κ2) is 4.65. The molecule has 1 aromatic heterocycles. The molecule has 0 atom stereocenters. The quantitative estimate of drug-likeness (QED) is 0.790. The molecule has 0 saturated heterocycles. The van der Waals surface area contributed by atoms with E-state index in [1.807, 2.05) is 12.1 Å². The maximum Gasteiger partial charge on any atom is 0.219 e. The first kappa shape index (κ1) is 10.5. The summed E-state index contributed by atoms with van der Waals surface area (Å²) in [5.74, 6) is 1.95. The van der Waals surface area contributed by atoms with E-state index >= 15 is 0 Å². The van der Waals surface area contributed by atoms with Crippen LogP contribution in [0, 0.1) is 6.92 Å². The fourth-order valence-corrected chi connectivity index (χ4v) is 1.26. The molecule has 0 unspecified atom stereocenters. The highest BCUT2D eigenvalue weighted by Crippen LogP contribution is 2.13. The number of ether oxygens (including phenoxy) is 1. The zero-order chi connectivity index (χ0) is 11.4. The molecule has 2 aromatic rings. The topological polar surface area (TPSA) is 74.2 Å². The van der Waals surface area contributed by atoms with Crippen LogP contribution < -0.4 is 10.5 Å². The van der Waals surface area contributed by atoms with Crippen molar-refractivity contribution in [3.8, 4) is 5.75 Å². The first-order valence-electron chi connectivity index (χ1n) is 5.01. The summed E-state index contributed by atoms with van der Waals surface area (Å²) in [6, 6.07) is 7.25. The molecule has 1 heterocycles. The molecule has 0 fully saturated rings. The van der Waals surface area contributed by atoms with Crippen LogP contribution in [0.25, 0.3) is 0 Å². The van der Waals surface area contributed by atoms with Crippen molar-refractivity contribution in [1.82, 2.24) is 10.2 Å². The number of anilines is 1. The Kier molecular flexibility index (Phi) is 3.05. The maximum absolute atomic E-state index is 5.56. The third-order valence-corrected chi connectivity index (χ3v) is 2.03. The summed E-state index contributed by atoms with van der Waals surface area (Å²) in [6.45, 7) is 2.27. The van der Waals surface area contributed by atoms with Gasteiger partial charge in [0.25, 0.3) is 0 Å². The Morgan fingerprint density at radius 3 is 2.62 bits per heavy atom. The summed E-state index contributed by atoms with van der Waals surface area (Å²) in [6.07, 6.45) is 0.602. The lowest BCUT2D eigenvalue weighted by Gasteiger charge is -2.04. The van der Waals surface area contributed by atoms with Crippen molar-refractivity contribution in [3.63, 3.8) is 0 Å². The Bertz CT molecular complexity index is 451. The van der Waals surface area contributed by atoms with Crippen molar-refractivity contribution in [2.45, 2.75) is 13.3 Å². The molecule has 5 heteroatoms. The largest absolute Gasteiger partial charge is 0.493 e. The summed E-state index contributed by atoms with van der Waals surface area (Å²) >= 11 is 0. The average Bonchev–Trinajstić information content (AvgIpc) is 2.67. The van der Waals surface area contributed by atoms with E-state index < -0.39 is 0 Å². The lowest BCUT2D eigenvalue weighted by molar-refractivity contribution is 0.305. The monoisotopic (exact) mass is 219 g/mol. The highest BCUT2D eigenvalue weighted by molar-refractivity contribution is 5.41. The predicted molar refractivity (Wildman–Crippen MR) is 59.1 cm³/mol. The molecule has 1 aromatic carbocycles. The molecule has 84 valence electrons. The summed E-state index contributed by atoms with van der Waals surface area (Å²) in [7, 11) is 0. The van der Waals surface area contributed by atoms with E-state index in [9.17, 15) is 0 Å². The van der Waals surface area contributed by atoms with Crippen molar-refractivity contribution < 1.29 is 9.15 Å². The van der Waals surface area contributed by atoms with Crippen molar-refractivity contribution in [1.29, 1.82) is 0 Å². The summed E-state index contributed by atoms with van der Waals surface area (Å²) < 4.78 is 10.7. The van der Waals surface area contributed by atoms with Gasteiger partial charge in [0, 0.05) is 12.6 Å². The van der Waals surface area contributed by atoms with Crippen LogP contribution in [0.15, 0.2) is 28.7 Å². The number of nitrogens with two attached hydrogens (primary N) is 1. The number of hydrogen-bond acceptors (Lipinski definition) is 5. The van der Waals surface area contributed by atoms with E-state index in [2.05, 4.69) is 10.2 Å². The molecule has 0 amide bonds. The molecule has 2 rings (SSSR count). The molecule has 0 radical (unpaired) electrons. The van der Waals surface area contributed by atoms with Gasteiger partial charge in [0.05, 0.1) is 13.0 Å². The minimum atomic E-state index is 0.506. The minimum Gasteiger partial charge on any atom is -0.493 e. The fourth-order valence-electron chi connectivity index (χ4n) is 1.26. The number of hydrogen-bond donors (Lipinski definition) is 1. The van der Waals surface area contributed by atoms with E-state index in [4.69, 9.17) is 14.9 Å². The van der Waals surface area contributed by atoms with Crippen LogP contribution in [0.4, 0.5) is 5.69 Å². The first-order valence-corrected chi connectivity index (χ1v) is 5.01. The van der Waals surface area contributed by atoms with Crippen molar-refractivity contribution in [2.75, 3.05) is 12.3 Å². The van der Waals surface area contributed by atoms with Gasteiger partial charge >= 0.3 is 0 Å². The fraction of sp³-hybridized carbons (Fsp3) is 0.273. The molecule has 0 aliphatic heterocycles. The Morgan fingerprint density at radius 1 is 1.25 bits per heavy atom. The molecular weight excluding hydrogens is 206 g/mol. The van der Waals surface area contributed by atoms with Gasteiger partial charge in [-0.15, -0.1) is 10.2 Å². The molecule has 0 aliphatic rings. The van der Waals surface area contributed by atoms with Crippen molar-refractivity contribution in [2.24, 2.45) is 0 Å². The Morgan fingerprint density at radius 2 is 2.00 bits per heavy atom. The number of aromatic nitrogens is 2. The van der Waals surface area contributed by atoms with Crippen LogP contribution in [0.5, 0.6) is 5.75 Å². The smallest absolute Gasteiger partial charge is 0.219 e. The number of nitrogen functional groups attached to an aromatic ring is 1. The van der Waals surface area contributed by atoms with Gasteiger partial charge < -0.3 is 14.9 Å². The van der Waals surface area contributed by atoms with Crippen LogP contribution in [-0.4, -0.2) is 16.8 Å². The lowest BCUT2D eigenvalue weighted by Crippen LogP contribution is -2.01. The first-order chi connectivity index (χ1) is 7.74. The van der Waals surface area contributed by atoms with Crippen molar-refractivity contribution >= 4 is 5.69 Å². The van der Waals surface area contributed by atoms with Gasteiger partial charge in [-0.1, -0.05) is 0 Å². The van der Waals surface area contributed by atoms with Gasteiger partial charge in [0.1, 0.15) is 5.75 Å². The third kappa shape index (κ3) is 2.73. The van der Waals surface area contributed by atoms with Gasteiger partial charge in [-0.3, -0.25) is 0 Å². The SMILES string of the molecule is Cc1nnc(CCOc2ccc(N)cc2)o1. The second-order valence-electron chi connectivity index (χ2n) is 3.38. The Balaban J connectivity index is 1.82. The molecule has 0 spiro atoms. The highest BCUT2D eigenvalue weighted by Gasteiger charge is 2.02. The van der Waals surface area contributed by atoms with Crippen LogP contribution >= 0.6 is 0 Å². The average molecular weight is 219 g/mol. The van der Waals surface area contributed by atoms with E-state index in [-0.39, 0.29) is 0 Å².